The number of hydrogen-bond acceptors (Lipinski definition) is 3. The van der Waals surface area contributed by atoms with Gasteiger partial charge >= 0.3 is 6.61 Å². The van der Waals surface area contributed by atoms with E-state index < -0.39 is 6.61 Å². The average Bonchev–Trinajstić information content (AvgIpc) is 3.09. The molecule has 34 heavy (non-hydrogen) atoms. The molecule has 1 aromatic carbocycles. The Labute approximate surface area is 203 Å². The number of aliphatic hydroxyl groups is 1. The standard InChI is InChI=1S/C26H27F2N3O2S/c1-5-13-31-17(3)15-22(18(31)4)24(32)23(30-14-7-8-19(6-2)16-30)25(34)29-20-9-11-21(12-10-20)33-26(27)28/h5,7-12,14-16,26H,1,6,13H2,2-4H3,(H-,29,32,34)/p+1. The highest BCUT2D eigenvalue weighted by Gasteiger charge is 2.26. The summed E-state index contributed by atoms with van der Waals surface area (Å²) in [6.07, 6.45) is 6.36. The predicted molar refractivity (Wildman–Crippen MR) is 135 cm³/mol. The van der Waals surface area contributed by atoms with E-state index in [1.807, 2.05) is 51.4 Å². The Morgan fingerprint density at radius 1 is 1.26 bits per heavy atom. The lowest BCUT2D eigenvalue weighted by Gasteiger charge is -2.12. The summed E-state index contributed by atoms with van der Waals surface area (Å²) in [6, 6.07) is 11.8. The summed E-state index contributed by atoms with van der Waals surface area (Å²) in [7, 11) is 0. The molecule has 8 heteroatoms. The van der Waals surface area contributed by atoms with Gasteiger partial charge in [0.05, 0.1) is 0 Å². The van der Waals surface area contributed by atoms with Crippen molar-refractivity contribution >= 4 is 34.3 Å². The number of aliphatic hydroxyl groups excluding tert-OH is 1. The highest BCUT2D eigenvalue weighted by atomic mass is 32.1. The minimum Gasteiger partial charge on any atom is -0.502 e. The number of aromatic nitrogens is 2. The fourth-order valence-electron chi connectivity index (χ4n) is 3.71. The predicted octanol–water partition coefficient (Wildman–Crippen LogP) is 6.07. The average molecular weight is 485 g/mol. The molecule has 178 valence electrons. The van der Waals surface area contributed by atoms with Crippen LogP contribution < -0.4 is 14.6 Å². The van der Waals surface area contributed by atoms with E-state index in [1.165, 1.54) is 12.1 Å². The van der Waals surface area contributed by atoms with E-state index in [1.54, 1.807) is 22.8 Å². The quantitative estimate of drug-likeness (QED) is 0.127. The summed E-state index contributed by atoms with van der Waals surface area (Å²) in [5.41, 5.74) is 4.57. The lowest BCUT2D eigenvalue weighted by atomic mass is 10.1. The molecule has 3 rings (SSSR count). The molecule has 0 fully saturated rings. The van der Waals surface area contributed by atoms with Crippen molar-refractivity contribution in [2.75, 3.05) is 5.32 Å². The summed E-state index contributed by atoms with van der Waals surface area (Å²) >= 11 is 5.71. The summed E-state index contributed by atoms with van der Waals surface area (Å²) in [6.45, 7) is 7.49. The summed E-state index contributed by atoms with van der Waals surface area (Å²) < 4.78 is 33.1. The van der Waals surface area contributed by atoms with Crippen molar-refractivity contribution in [3.63, 3.8) is 0 Å². The zero-order valence-corrected chi connectivity index (χ0v) is 20.2. The van der Waals surface area contributed by atoms with Crippen molar-refractivity contribution in [3.05, 3.63) is 90.0 Å². The van der Waals surface area contributed by atoms with Gasteiger partial charge in [-0.3, -0.25) is 0 Å². The second kappa shape index (κ2) is 11.1. The van der Waals surface area contributed by atoms with Gasteiger partial charge in [-0.05, 0) is 56.7 Å². The molecule has 0 aliphatic rings. The van der Waals surface area contributed by atoms with E-state index in [0.717, 1.165) is 23.4 Å². The van der Waals surface area contributed by atoms with Crippen LogP contribution in [0.2, 0.25) is 0 Å². The molecule has 2 N–H and O–H groups in total. The number of allylic oxidation sites excluding steroid dienone is 1. The van der Waals surface area contributed by atoms with Gasteiger partial charge in [0.15, 0.2) is 17.4 Å². The fourth-order valence-corrected chi connectivity index (χ4v) is 4.03. The second-order valence-corrected chi connectivity index (χ2v) is 8.12. The van der Waals surface area contributed by atoms with Crippen LogP contribution in [-0.2, 0) is 13.0 Å². The molecular formula is C26H28F2N3O2S+. The van der Waals surface area contributed by atoms with Crippen LogP contribution in [0.15, 0.2) is 67.5 Å². The molecule has 0 bridgehead atoms. The van der Waals surface area contributed by atoms with E-state index in [-0.39, 0.29) is 16.5 Å². The first-order valence-electron chi connectivity index (χ1n) is 10.8. The van der Waals surface area contributed by atoms with E-state index >= 15 is 0 Å². The van der Waals surface area contributed by atoms with Crippen molar-refractivity contribution in [2.45, 2.75) is 40.3 Å². The van der Waals surface area contributed by atoms with Crippen LogP contribution in [0.3, 0.4) is 0 Å². The normalized spacial score (nSPS) is 11.8. The number of nitrogens with zero attached hydrogens (tertiary/aromatic N) is 2. The second-order valence-electron chi connectivity index (χ2n) is 7.71. The van der Waals surface area contributed by atoms with Crippen molar-refractivity contribution in [2.24, 2.45) is 0 Å². The number of anilines is 1. The van der Waals surface area contributed by atoms with E-state index in [9.17, 15) is 13.9 Å². The van der Waals surface area contributed by atoms with Crippen LogP contribution >= 0.6 is 12.2 Å². The third-order valence-corrected chi connectivity index (χ3v) is 5.74. The zero-order valence-electron chi connectivity index (χ0n) is 19.4. The van der Waals surface area contributed by atoms with Crippen molar-refractivity contribution in [3.8, 4) is 5.75 Å². The summed E-state index contributed by atoms with van der Waals surface area (Å²) in [4.78, 5) is 0.270. The zero-order chi connectivity index (χ0) is 24.8. The number of rotatable bonds is 9. The van der Waals surface area contributed by atoms with E-state index in [0.29, 0.717) is 23.5 Å². The summed E-state index contributed by atoms with van der Waals surface area (Å²) in [5.74, 6) is 0.0709. The maximum Gasteiger partial charge on any atom is 0.387 e. The van der Waals surface area contributed by atoms with Crippen molar-refractivity contribution in [1.29, 1.82) is 0 Å². The minimum absolute atomic E-state index is 0.0248. The Kier molecular flexibility index (Phi) is 8.17. The molecule has 0 radical (unpaired) electrons. The Bertz CT molecular complexity index is 1220. The Balaban J connectivity index is 2.06. The number of aryl methyl sites for hydroxylation is 2. The van der Waals surface area contributed by atoms with E-state index in [4.69, 9.17) is 12.2 Å². The summed E-state index contributed by atoms with van der Waals surface area (Å²) in [5, 5.41) is 14.6. The molecular weight excluding hydrogens is 456 g/mol. The Morgan fingerprint density at radius 3 is 2.59 bits per heavy atom. The van der Waals surface area contributed by atoms with E-state index in [2.05, 4.69) is 21.2 Å². The maximum atomic E-state index is 12.4. The number of thiocarbonyl (C=S) groups is 1. The molecule has 0 amide bonds. The van der Waals surface area contributed by atoms with Crippen LogP contribution in [0, 0.1) is 13.8 Å². The van der Waals surface area contributed by atoms with Crippen LogP contribution in [0.1, 0.15) is 29.4 Å². The van der Waals surface area contributed by atoms with Crippen LogP contribution in [0.4, 0.5) is 14.5 Å². The third-order valence-electron chi connectivity index (χ3n) is 5.45. The molecule has 0 saturated carbocycles. The first-order chi connectivity index (χ1) is 16.2. The van der Waals surface area contributed by atoms with Crippen LogP contribution in [-0.4, -0.2) is 21.3 Å². The minimum atomic E-state index is -2.89. The van der Waals surface area contributed by atoms with Gasteiger partial charge in [0.2, 0.25) is 5.76 Å². The topological polar surface area (TPSA) is 50.3 Å². The monoisotopic (exact) mass is 484 g/mol. The number of alkyl halides is 2. The SMILES string of the molecule is C=CCn1c(C)cc(C(O)=C(C(=S)Nc2ccc(OC(F)F)cc2)[n+]2cccc(CC)c2)c1C. The molecule has 2 heterocycles. The lowest BCUT2D eigenvalue weighted by Crippen LogP contribution is -2.39. The molecule has 0 aliphatic carbocycles. The van der Waals surface area contributed by atoms with Gasteiger partial charge in [0, 0.05) is 40.8 Å². The first kappa shape index (κ1) is 25.1. The Hall–Kier alpha value is -3.52. The van der Waals surface area contributed by atoms with Crippen LogP contribution in [0.25, 0.3) is 11.5 Å². The van der Waals surface area contributed by atoms with Gasteiger partial charge < -0.3 is 19.7 Å². The van der Waals surface area contributed by atoms with Gasteiger partial charge in [-0.2, -0.15) is 13.3 Å². The molecule has 3 aromatic rings. The number of ether oxygens (including phenoxy) is 1. The number of hydrogen-bond donors (Lipinski definition) is 2. The molecule has 0 spiro atoms. The molecule has 5 nitrogen and oxygen atoms in total. The number of pyridine rings is 1. The molecule has 0 atom stereocenters. The molecule has 0 aliphatic heterocycles. The van der Waals surface area contributed by atoms with Crippen molar-refractivity contribution in [1.82, 2.24) is 4.57 Å². The highest BCUT2D eigenvalue weighted by molar-refractivity contribution is 7.81. The van der Waals surface area contributed by atoms with Crippen molar-refractivity contribution < 1.29 is 23.2 Å². The molecule has 0 unspecified atom stereocenters. The fraction of sp³-hybridized carbons (Fsp3) is 0.231. The van der Waals surface area contributed by atoms with Gasteiger partial charge in [-0.25, -0.2) is 0 Å². The molecule has 2 aromatic heterocycles. The van der Waals surface area contributed by atoms with Gasteiger partial charge in [-0.15, -0.1) is 6.58 Å². The van der Waals surface area contributed by atoms with Gasteiger partial charge in [0.1, 0.15) is 5.75 Å². The molecule has 0 saturated heterocycles. The first-order valence-corrected chi connectivity index (χ1v) is 11.2. The lowest BCUT2D eigenvalue weighted by molar-refractivity contribution is -0.576. The maximum absolute atomic E-state index is 12.4. The highest BCUT2D eigenvalue weighted by Crippen LogP contribution is 2.26. The largest absolute Gasteiger partial charge is 0.502 e. The van der Waals surface area contributed by atoms with Gasteiger partial charge in [0.25, 0.3) is 5.70 Å². The number of nitrogens with one attached hydrogen (secondary N) is 1. The number of halogens is 2. The number of benzene rings is 1. The van der Waals surface area contributed by atoms with Crippen LogP contribution in [0.5, 0.6) is 5.75 Å². The third kappa shape index (κ3) is 5.69. The van der Waals surface area contributed by atoms with Gasteiger partial charge in [-0.1, -0.05) is 25.2 Å². The Morgan fingerprint density at radius 2 is 1.97 bits per heavy atom. The smallest absolute Gasteiger partial charge is 0.387 e.